The summed E-state index contributed by atoms with van der Waals surface area (Å²) >= 11 is 0. The molecule has 1 rings (SSSR count). The Morgan fingerprint density at radius 2 is 2.00 bits per heavy atom. The van der Waals surface area contributed by atoms with Gasteiger partial charge in [-0.3, -0.25) is 0 Å². The predicted molar refractivity (Wildman–Crippen MR) is 81.6 cm³/mol. The van der Waals surface area contributed by atoms with Crippen LogP contribution in [0.2, 0.25) is 0 Å². The Hall–Kier alpha value is -1.52. The number of aromatic nitrogens is 2. The molecule has 0 radical (unpaired) electrons. The van der Waals surface area contributed by atoms with Gasteiger partial charge in [-0.25, -0.2) is 9.78 Å². The number of amides is 1. The van der Waals surface area contributed by atoms with Gasteiger partial charge in [-0.2, -0.15) is 0 Å². The first-order valence-electron chi connectivity index (χ1n) is 7.30. The van der Waals surface area contributed by atoms with E-state index in [0.717, 1.165) is 17.9 Å². The summed E-state index contributed by atoms with van der Waals surface area (Å²) in [5.74, 6) is 0.784. The molecule has 5 heteroatoms. The molecule has 1 heterocycles. The van der Waals surface area contributed by atoms with Gasteiger partial charge in [-0.1, -0.05) is 20.8 Å². The van der Waals surface area contributed by atoms with Gasteiger partial charge in [0.2, 0.25) is 0 Å². The molecular weight excluding hydrogens is 254 g/mol. The van der Waals surface area contributed by atoms with Crippen LogP contribution in [0.15, 0.2) is 6.20 Å². The average Bonchev–Trinajstić information content (AvgIpc) is 2.75. The normalized spacial score (nSPS) is 10.6. The molecule has 0 fully saturated rings. The quantitative estimate of drug-likeness (QED) is 0.912. The monoisotopic (exact) mass is 283 g/mol. The zero-order valence-electron chi connectivity index (χ0n) is 13.9. The largest absolute Gasteiger partial charge is 0.444 e. The summed E-state index contributed by atoms with van der Waals surface area (Å²) in [4.78, 5) is 21.0. The Morgan fingerprint density at radius 1 is 1.40 bits per heavy atom. The number of aromatic amines is 1. The van der Waals surface area contributed by atoms with Gasteiger partial charge in [-0.15, -0.1) is 0 Å². The molecule has 0 aromatic carbocycles. The zero-order chi connectivity index (χ0) is 15.8. The standard InChI is InChI=1S/C13H23N3O2.C2H6/c1-6-7-16(12(17)18-13(3,4)5)9-11-14-8-10(2)15-11;1-2/h8H,6-7,9H2,1-5H3,(H,14,15);1-2H3. The van der Waals surface area contributed by atoms with Crippen LogP contribution in [0.1, 0.15) is 59.5 Å². The summed E-state index contributed by atoms with van der Waals surface area (Å²) in [5.41, 5.74) is 0.521. The van der Waals surface area contributed by atoms with Gasteiger partial charge >= 0.3 is 6.09 Å². The van der Waals surface area contributed by atoms with E-state index in [4.69, 9.17) is 4.74 Å². The number of aryl methyl sites for hydroxylation is 1. The number of nitrogens with one attached hydrogen (secondary N) is 1. The highest BCUT2D eigenvalue weighted by Gasteiger charge is 2.22. The van der Waals surface area contributed by atoms with Crippen molar-refractivity contribution in [3.63, 3.8) is 0 Å². The number of ether oxygens (including phenoxy) is 1. The number of nitrogens with zero attached hydrogens (tertiary/aromatic N) is 2. The fourth-order valence-corrected chi connectivity index (χ4v) is 1.56. The van der Waals surface area contributed by atoms with E-state index in [1.54, 1.807) is 11.1 Å². The van der Waals surface area contributed by atoms with Crippen LogP contribution in [0.25, 0.3) is 0 Å². The van der Waals surface area contributed by atoms with Gasteiger partial charge in [0, 0.05) is 18.4 Å². The fourth-order valence-electron chi connectivity index (χ4n) is 1.56. The topological polar surface area (TPSA) is 58.2 Å². The second-order valence-corrected chi connectivity index (χ2v) is 5.41. The first-order valence-corrected chi connectivity index (χ1v) is 7.30. The number of imidazole rings is 1. The third-order valence-corrected chi connectivity index (χ3v) is 2.24. The molecule has 116 valence electrons. The van der Waals surface area contributed by atoms with Gasteiger partial charge in [0.1, 0.15) is 11.4 Å². The molecule has 0 unspecified atom stereocenters. The lowest BCUT2D eigenvalue weighted by Gasteiger charge is -2.26. The smallest absolute Gasteiger partial charge is 0.410 e. The maximum Gasteiger partial charge on any atom is 0.410 e. The van der Waals surface area contributed by atoms with Crippen molar-refractivity contribution in [2.75, 3.05) is 6.54 Å². The molecular formula is C15H29N3O2. The van der Waals surface area contributed by atoms with Crippen molar-refractivity contribution >= 4 is 6.09 Å². The SMILES string of the molecule is CC.CCCN(Cc1ncc(C)[nH]1)C(=O)OC(C)(C)C. The van der Waals surface area contributed by atoms with E-state index in [1.807, 2.05) is 48.5 Å². The highest BCUT2D eigenvalue weighted by Crippen LogP contribution is 2.12. The molecule has 0 aliphatic carbocycles. The first-order chi connectivity index (χ1) is 9.31. The summed E-state index contributed by atoms with van der Waals surface area (Å²) in [5, 5.41) is 0. The Morgan fingerprint density at radius 3 is 2.40 bits per heavy atom. The van der Waals surface area contributed by atoms with E-state index in [-0.39, 0.29) is 6.09 Å². The molecule has 1 aromatic heterocycles. The van der Waals surface area contributed by atoms with Crippen molar-refractivity contribution in [3.8, 4) is 0 Å². The molecule has 20 heavy (non-hydrogen) atoms. The number of H-pyrrole nitrogens is 1. The first kappa shape index (κ1) is 18.5. The fraction of sp³-hybridized carbons (Fsp3) is 0.733. The van der Waals surface area contributed by atoms with Crippen LogP contribution in [-0.2, 0) is 11.3 Å². The minimum Gasteiger partial charge on any atom is -0.444 e. The van der Waals surface area contributed by atoms with Gasteiger partial charge in [-0.05, 0) is 34.1 Å². The Kier molecular flexibility index (Phi) is 7.96. The molecule has 0 bridgehead atoms. The number of carbonyl (C=O) groups is 1. The van der Waals surface area contributed by atoms with Crippen LogP contribution in [0, 0.1) is 6.92 Å². The molecule has 1 amide bonds. The van der Waals surface area contributed by atoms with E-state index in [0.29, 0.717) is 13.1 Å². The molecule has 0 atom stereocenters. The van der Waals surface area contributed by atoms with Crippen LogP contribution >= 0.6 is 0 Å². The van der Waals surface area contributed by atoms with E-state index in [9.17, 15) is 4.79 Å². The Labute approximate surface area is 122 Å². The van der Waals surface area contributed by atoms with Gasteiger partial charge in [0.25, 0.3) is 0 Å². The lowest BCUT2D eigenvalue weighted by atomic mass is 10.2. The number of hydrogen-bond donors (Lipinski definition) is 1. The second kappa shape index (κ2) is 8.61. The van der Waals surface area contributed by atoms with Crippen molar-refractivity contribution < 1.29 is 9.53 Å². The van der Waals surface area contributed by atoms with E-state index < -0.39 is 5.60 Å². The third-order valence-electron chi connectivity index (χ3n) is 2.24. The second-order valence-electron chi connectivity index (χ2n) is 5.41. The molecule has 5 nitrogen and oxygen atoms in total. The van der Waals surface area contributed by atoms with Crippen LogP contribution in [0.3, 0.4) is 0 Å². The van der Waals surface area contributed by atoms with Gasteiger partial charge < -0.3 is 14.6 Å². The van der Waals surface area contributed by atoms with Crippen LogP contribution < -0.4 is 0 Å². The Balaban J connectivity index is 0.00000172. The van der Waals surface area contributed by atoms with Crippen molar-refractivity contribution in [1.29, 1.82) is 0 Å². The van der Waals surface area contributed by atoms with Crippen molar-refractivity contribution in [2.45, 2.75) is 67.0 Å². The number of carbonyl (C=O) groups excluding carboxylic acids is 1. The lowest BCUT2D eigenvalue weighted by molar-refractivity contribution is 0.0229. The van der Waals surface area contributed by atoms with Crippen LogP contribution in [-0.4, -0.2) is 33.1 Å². The molecule has 1 aromatic rings. The lowest BCUT2D eigenvalue weighted by Crippen LogP contribution is -2.37. The number of rotatable bonds is 4. The van der Waals surface area contributed by atoms with E-state index in [2.05, 4.69) is 9.97 Å². The Bertz CT molecular complexity index is 394. The van der Waals surface area contributed by atoms with E-state index in [1.165, 1.54) is 0 Å². The molecule has 0 aliphatic rings. The van der Waals surface area contributed by atoms with Gasteiger partial charge in [0.15, 0.2) is 0 Å². The molecule has 0 saturated heterocycles. The number of hydrogen-bond acceptors (Lipinski definition) is 3. The summed E-state index contributed by atoms with van der Waals surface area (Å²) in [6.45, 7) is 14.7. The summed E-state index contributed by atoms with van der Waals surface area (Å²) < 4.78 is 5.38. The molecule has 1 N–H and O–H groups in total. The summed E-state index contributed by atoms with van der Waals surface area (Å²) in [7, 11) is 0. The van der Waals surface area contributed by atoms with Crippen molar-refractivity contribution in [3.05, 3.63) is 17.7 Å². The predicted octanol–water partition coefficient (Wildman–Crippen LogP) is 3.89. The minimum atomic E-state index is -0.470. The summed E-state index contributed by atoms with van der Waals surface area (Å²) in [6, 6.07) is 0. The molecule has 0 aliphatic heterocycles. The van der Waals surface area contributed by atoms with Gasteiger partial charge in [0.05, 0.1) is 6.54 Å². The van der Waals surface area contributed by atoms with Crippen molar-refractivity contribution in [2.24, 2.45) is 0 Å². The molecule has 0 saturated carbocycles. The third kappa shape index (κ3) is 7.16. The maximum absolute atomic E-state index is 12.0. The molecule has 0 spiro atoms. The highest BCUT2D eigenvalue weighted by atomic mass is 16.6. The minimum absolute atomic E-state index is 0.293. The average molecular weight is 283 g/mol. The van der Waals surface area contributed by atoms with E-state index >= 15 is 0 Å². The van der Waals surface area contributed by atoms with Crippen molar-refractivity contribution in [1.82, 2.24) is 14.9 Å². The zero-order valence-corrected chi connectivity index (χ0v) is 13.9. The summed E-state index contributed by atoms with van der Waals surface area (Å²) in [6.07, 6.45) is 2.35. The van der Waals surface area contributed by atoms with Crippen LogP contribution in [0.5, 0.6) is 0 Å². The highest BCUT2D eigenvalue weighted by molar-refractivity contribution is 5.68. The van der Waals surface area contributed by atoms with Crippen LogP contribution in [0.4, 0.5) is 4.79 Å². The maximum atomic E-state index is 12.0.